The van der Waals surface area contributed by atoms with E-state index in [2.05, 4.69) is 4.98 Å². The summed E-state index contributed by atoms with van der Waals surface area (Å²) in [7, 11) is 0. The number of Topliss-reactive ketones (excluding diaryl/α,β-unsaturated/α-hetero) is 1. The molecule has 0 saturated carbocycles. The first-order valence-corrected chi connectivity index (χ1v) is 4.43. The molecule has 0 aromatic carbocycles. The first-order valence-electron chi connectivity index (χ1n) is 4.43. The fraction of sp³-hybridized carbons (Fsp3) is 0.444. The Morgan fingerprint density at radius 1 is 1.31 bits per heavy atom. The van der Waals surface area contributed by atoms with Crippen molar-refractivity contribution < 1.29 is 26.7 Å². The van der Waals surface area contributed by atoms with Crippen LogP contribution >= 0.6 is 0 Å². The molecule has 1 N–H and O–H groups in total. The molecule has 1 heterocycles. The van der Waals surface area contributed by atoms with E-state index in [4.69, 9.17) is 0 Å². The Hall–Kier alpha value is -1.40. The molecule has 0 atom stereocenters. The highest BCUT2D eigenvalue weighted by molar-refractivity contribution is 6.04. The van der Waals surface area contributed by atoms with Crippen LogP contribution in [0.5, 0.6) is 0 Å². The normalized spacial score (nSPS) is 19.7. The second-order valence-electron chi connectivity index (χ2n) is 3.59. The van der Waals surface area contributed by atoms with Gasteiger partial charge < -0.3 is 4.98 Å². The van der Waals surface area contributed by atoms with Gasteiger partial charge in [-0.25, -0.2) is 0 Å². The molecule has 0 saturated heterocycles. The predicted molar refractivity (Wildman–Crippen MR) is 43.4 cm³/mol. The van der Waals surface area contributed by atoms with E-state index in [9.17, 15) is 26.7 Å². The second kappa shape index (κ2) is 3.05. The summed E-state index contributed by atoms with van der Waals surface area (Å²) in [5.74, 6) is -5.45. The van der Waals surface area contributed by atoms with E-state index in [0.717, 1.165) is 0 Å². The van der Waals surface area contributed by atoms with Gasteiger partial charge in [-0.15, -0.1) is 0 Å². The Bertz CT molecular complexity index is 445. The predicted octanol–water partition coefficient (Wildman–Crippen LogP) is 2.80. The summed E-state index contributed by atoms with van der Waals surface area (Å²) in [6.45, 7) is 0. The Labute approximate surface area is 86.4 Å². The number of H-pyrrole nitrogens is 1. The molecule has 0 radical (unpaired) electrons. The van der Waals surface area contributed by atoms with Crippen LogP contribution in [-0.4, -0.2) is 16.7 Å². The quantitative estimate of drug-likeness (QED) is 0.694. The fourth-order valence-electron chi connectivity index (χ4n) is 1.72. The van der Waals surface area contributed by atoms with Gasteiger partial charge in [-0.05, 0) is 6.42 Å². The zero-order valence-corrected chi connectivity index (χ0v) is 7.79. The molecule has 88 valence electrons. The summed E-state index contributed by atoms with van der Waals surface area (Å²) in [4.78, 5) is 13.4. The van der Waals surface area contributed by atoms with Gasteiger partial charge in [-0.3, -0.25) is 4.79 Å². The summed E-state index contributed by atoms with van der Waals surface area (Å²) < 4.78 is 63.2. The fourth-order valence-corrected chi connectivity index (χ4v) is 1.72. The minimum Gasteiger partial charge on any atom is -0.364 e. The molecule has 7 heteroatoms. The van der Waals surface area contributed by atoms with Gasteiger partial charge in [-0.1, -0.05) is 0 Å². The smallest absolute Gasteiger partial charge is 0.364 e. The summed E-state index contributed by atoms with van der Waals surface area (Å²) in [6, 6.07) is 0. The van der Waals surface area contributed by atoms with Crippen LogP contribution in [0.3, 0.4) is 0 Å². The molecule has 1 aromatic rings. The van der Waals surface area contributed by atoms with E-state index in [1.807, 2.05) is 0 Å². The van der Waals surface area contributed by atoms with Crippen LogP contribution in [0.4, 0.5) is 22.0 Å². The van der Waals surface area contributed by atoms with Crippen molar-refractivity contribution in [1.82, 2.24) is 4.98 Å². The lowest BCUT2D eigenvalue weighted by atomic mass is 9.90. The van der Waals surface area contributed by atoms with Crippen LogP contribution in [0.25, 0.3) is 0 Å². The topological polar surface area (TPSA) is 32.9 Å². The van der Waals surface area contributed by atoms with Gasteiger partial charge >= 0.3 is 12.1 Å². The average molecular weight is 239 g/mol. The number of aromatic amines is 1. The van der Waals surface area contributed by atoms with E-state index < -0.39 is 35.4 Å². The maximum atomic E-state index is 13.0. The van der Waals surface area contributed by atoms with Crippen LogP contribution in [0, 0.1) is 0 Å². The Morgan fingerprint density at radius 3 is 2.50 bits per heavy atom. The Kier molecular flexibility index (Phi) is 2.12. The van der Waals surface area contributed by atoms with Crippen LogP contribution < -0.4 is 0 Å². The SMILES string of the molecule is O=C1c2c(C(F)(F)F)c[nH]c2CCC1(F)F. The standard InChI is InChI=1S/C9H6F5NO/c10-8(11)2-1-5-6(7(8)16)4(3-15-5)9(12,13)14/h3,15H,1-2H2. The number of rotatable bonds is 0. The highest BCUT2D eigenvalue weighted by atomic mass is 19.4. The number of aryl methyl sites for hydroxylation is 1. The molecule has 0 spiro atoms. The minimum absolute atomic E-state index is 0.0664. The number of nitrogens with one attached hydrogen (secondary N) is 1. The van der Waals surface area contributed by atoms with Crippen molar-refractivity contribution >= 4 is 5.78 Å². The number of hydrogen-bond donors (Lipinski definition) is 1. The summed E-state index contributed by atoms with van der Waals surface area (Å²) in [6.07, 6.45) is -5.25. The van der Waals surface area contributed by atoms with Gasteiger partial charge in [0.05, 0.1) is 11.1 Å². The van der Waals surface area contributed by atoms with Crippen molar-refractivity contribution in [3.05, 3.63) is 23.0 Å². The van der Waals surface area contributed by atoms with Crippen LogP contribution in [-0.2, 0) is 12.6 Å². The largest absolute Gasteiger partial charge is 0.418 e. The molecule has 0 aliphatic heterocycles. The summed E-state index contributed by atoms with van der Waals surface area (Å²) >= 11 is 0. The molecular weight excluding hydrogens is 233 g/mol. The van der Waals surface area contributed by atoms with Crippen molar-refractivity contribution in [3.8, 4) is 0 Å². The molecule has 0 unspecified atom stereocenters. The van der Waals surface area contributed by atoms with Gasteiger partial charge in [-0.2, -0.15) is 22.0 Å². The number of hydrogen-bond acceptors (Lipinski definition) is 1. The first kappa shape index (κ1) is 11.1. The number of ketones is 1. The molecule has 0 amide bonds. The average Bonchev–Trinajstić information content (AvgIpc) is 2.55. The van der Waals surface area contributed by atoms with E-state index in [1.165, 1.54) is 0 Å². The number of carbonyl (C=O) groups is 1. The highest BCUT2D eigenvalue weighted by Gasteiger charge is 2.49. The van der Waals surface area contributed by atoms with E-state index in [1.54, 1.807) is 0 Å². The maximum Gasteiger partial charge on any atom is 0.418 e. The molecule has 1 aromatic heterocycles. The lowest BCUT2D eigenvalue weighted by Gasteiger charge is -2.21. The molecule has 0 bridgehead atoms. The first-order chi connectivity index (χ1) is 7.23. The number of carbonyl (C=O) groups excluding carboxylic acids is 1. The molecule has 1 aliphatic carbocycles. The van der Waals surface area contributed by atoms with E-state index >= 15 is 0 Å². The highest BCUT2D eigenvalue weighted by Crippen LogP contribution is 2.40. The third-order valence-electron chi connectivity index (χ3n) is 2.52. The number of aromatic nitrogens is 1. The zero-order chi connectivity index (χ0) is 12.1. The number of fused-ring (bicyclic) bond motifs is 1. The molecular formula is C9H6F5NO. The van der Waals surface area contributed by atoms with Crippen LogP contribution in [0.15, 0.2) is 6.20 Å². The molecule has 0 fully saturated rings. The summed E-state index contributed by atoms with van der Waals surface area (Å²) in [5, 5.41) is 0. The lowest BCUT2D eigenvalue weighted by molar-refractivity contribution is -0.138. The van der Waals surface area contributed by atoms with Gasteiger partial charge in [0.2, 0.25) is 5.78 Å². The number of alkyl halides is 5. The molecule has 1 aliphatic rings. The van der Waals surface area contributed by atoms with Crippen molar-refractivity contribution in [3.63, 3.8) is 0 Å². The Balaban J connectivity index is 2.57. The Morgan fingerprint density at radius 2 is 1.94 bits per heavy atom. The third-order valence-corrected chi connectivity index (χ3v) is 2.52. The van der Waals surface area contributed by atoms with Gasteiger partial charge in [0, 0.05) is 18.3 Å². The van der Waals surface area contributed by atoms with Crippen LogP contribution in [0.2, 0.25) is 0 Å². The molecule has 2 nitrogen and oxygen atoms in total. The lowest BCUT2D eigenvalue weighted by Crippen LogP contribution is -2.35. The monoisotopic (exact) mass is 239 g/mol. The van der Waals surface area contributed by atoms with Crippen molar-refractivity contribution in [1.29, 1.82) is 0 Å². The minimum atomic E-state index is -4.80. The van der Waals surface area contributed by atoms with E-state index in [0.29, 0.717) is 6.20 Å². The van der Waals surface area contributed by atoms with Crippen LogP contribution in [0.1, 0.15) is 28.0 Å². The molecule has 16 heavy (non-hydrogen) atoms. The van der Waals surface area contributed by atoms with Crippen molar-refractivity contribution in [2.45, 2.75) is 24.9 Å². The zero-order valence-electron chi connectivity index (χ0n) is 7.79. The third kappa shape index (κ3) is 1.50. The van der Waals surface area contributed by atoms with Gasteiger partial charge in [0.15, 0.2) is 0 Å². The van der Waals surface area contributed by atoms with Gasteiger partial charge in [0.1, 0.15) is 0 Å². The van der Waals surface area contributed by atoms with Gasteiger partial charge in [0.25, 0.3) is 0 Å². The van der Waals surface area contributed by atoms with Crippen molar-refractivity contribution in [2.24, 2.45) is 0 Å². The second-order valence-corrected chi connectivity index (χ2v) is 3.59. The van der Waals surface area contributed by atoms with Crippen molar-refractivity contribution in [2.75, 3.05) is 0 Å². The number of halogens is 5. The molecule has 2 rings (SSSR count). The van der Waals surface area contributed by atoms with E-state index in [-0.39, 0.29) is 12.1 Å². The maximum absolute atomic E-state index is 13.0. The summed E-state index contributed by atoms with van der Waals surface area (Å²) in [5.41, 5.74) is -2.29.